The predicted octanol–water partition coefficient (Wildman–Crippen LogP) is 4.02. The summed E-state index contributed by atoms with van der Waals surface area (Å²) in [6.45, 7) is 7.73. The topological polar surface area (TPSA) is 35.2 Å². The van der Waals surface area contributed by atoms with E-state index in [4.69, 9.17) is 10.5 Å². The molecule has 0 fully saturated rings. The van der Waals surface area contributed by atoms with Crippen LogP contribution in [0.15, 0.2) is 48.5 Å². The normalized spacial score (nSPS) is 11.4. The molecular formula is C18H23NO. The van der Waals surface area contributed by atoms with Gasteiger partial charge >= 0.3 is 0 Å². The molecule has 0 unspecified atom stereocenters. The number of hydrogen-bond donors (Lipinski definition) is 1. The lowest BCUT2D eigenvalue weighted by Gasteiger charge is -2.19. The molecule has 20 heavy (non-hydrogen) atoms. The van der Waals surface area contributed by atoms with Crippen LogP contribution in [0.1, 0.15) is 37.5 Å². The standard InChI is InChI=1S/C18H23NO/c1-18(2,3)16-8-10-17(11-9-16)20-13-15-7-5-4-6-14(15)12-19/h4-11H,12-13,19H2,1-3H3. The summed E-state index contributed by atoms with van der Waals surface area (Å²) in [5, 5.41) is 0. The number of rotatable bonds is 4. The third-order valence-corrected chi connectivity index (χ3v) is 3.45. The molecule has 0 spiro atoms. The summed E-state index contributed by atoms with van der Waals surface area (Å²) in [6.07, 6.45) is 0. The molecule has 0 aliphatic carbocycles. The third-order valence-electron chi connectivity index (χ3n) is 3.45. The number of hydrogen-bond acceptors (Lipinski definition) is 2. The van der Waals surface area contributed by atoms with Gasteiger partial charge in [-0.1, -0.05) is 57.2 Å². The van der Waals surface area contributed by atoms with E-state index in [0.29, 0.717) is 13.2 Å². The van der Waals surface area contributed by atoms with Crippen molar-refractivity contribution in [2.45, 2.75) is 39.3 Å². The number of benzene rings is 2. The monoisotopic (exact) mass is 269 g/mol. The Balaban J connectivity index is 2.04. The first-order valence-electron chi connectivity index (χ1n) is 7.01. The molecule has 0 aromatic heterocycles. The summed E-state index contributed by atoms with van der Waals surface area (Å²) in [7, 11) is 0. The second-order valence-corrected chi connectivity index (χ2v) is 6.04. The van der Waals surface area contributed by atoms with Crippen molar-refractivity contribution in [2.75, 3.05) is 0 Å². The Labute approximate surface area is 121 Å². The molecule has 0 saturated carbocycles. The maximum atomic E-state index is 5.85. The lowest BCUT2D eigenvalue weighted by atomic mass is 9.87. The average molecular weight is 269 g/mol. The zero-order chi connectivity index (χ0) is 14.6. The molecule has 0 saturated heterocycles. The smallest absolute Gasteiger partial charge is 0.119 e. The van der Waals surface area contributed by atoms with Crippen molar-refractivity contribution in [3.05, 3.63) is 65.2 Å². The Morgan fingerprint density at radius 1 is 0.900 bits per heavy atom. The molecule has 0 amide bonds. The first-order chi connectivity index (χ1) is 9.50. The van der Waals surface area contributed by atoms with Crippen LogP contribution in [0.4, 0.5) is 0 Å². The molecule has 0 aliphatic rings. The van der Waals surface area contributed by atoms with Gasteiger partial charge in [0, 0.05) is 6.54 Å². The van der Waals surface area contributed by atoms with E-state index in [1.54, 1.807) is 0 Å². The molecule has 2 heteroatoms. The van der Waals surface area contributed by atoms with Crippen LogP contribution in [0.25, 0.3) is 0 Å². The summed E-state index contributed by atoms with van der Waals surface area (Å²) in [5.41, 5.74) is 9.50. The summed E-state index contributed by atoms with van der Waals surface area (Å²) < 4.78 is 5.85. The lowest BCUT2D eigenvalue weighted by Crippen LogP contribution is -2.10. The van der Waals surface area contributed by atoms with Gasteiger partial charge in [-0.25, -0.2) is 0 Å². The first-order valence-corrected chi connectivity index (χ1v) is 7.01. The fraction of sp³-hybridized carbons (Fsp3) is 0.333. The molecule has 0 aliphatic heterocycles. The van der Waals surface area contributed by atoms with E-state index < -0.39 is 0 Å². The van der Waals surface area contributed by atoms with Gasteiger partial charge in [0.05, 0.1) is 0 Å². The summed E-state index contributed by atoms with van der Waals surface area (Å²) in [5.74, 6) is 0.893. The average Bonchev–Trinajstić information content (AvgIpc) is 2.45. The van der Waals surface area contributed by atoms with E-state index in [9.17, 15) is 0 Å². The van der Waals surface area contributed by atoms with Gasteiger partial charge in [-0.15, -0.1) is 0 Å². The van der Waals surface area contributed by atoms with Crippen LogP contribution in [0.3, 0.4) is 0 Å². The van der Waals surface area contributed by atoms with Crippen molar-refractivity contribution >= 4 is 0 Å². The van der Waals surface area contributed by atoms with Gasteiger partial charge in [0.2, 0.25) is 0 Å². The van der Waals surface area contributed by atoms with Crippen LogP contribution in [0.2, 0.25) is 0 Å². The van der Waals surface area contributed by atoms with Crippen LogP contribution in [-0.4, -0.2) is 0 Å². The van der Waals surface area contributed by atoms with E-state index in [2.05, 4.69) is 39.0 Å². The molecule has 0 bridgehead atoms. The summed E-state index contributed by atoms with van der Waals surface area (Å²) >= 11 is 0. The molecule has 2 aromatic carbocycles. The second-order valence-electron chi connectivity index (χ2n) is 6.04. The van der Waals surface area contributed by atoms with Crippen LogP contribution in [-0.2, 0) is 18.6 Å². The van der Waals surface area contributed by atoms with Crippen LogP contribution < -0.4 is 10.5 Å². The van der Waals surface area contributed by atoms with Gasteiger partial charge in [-0.2, -0.15) is 0 Å². The van der Waals surface area contributed by atoms with Gasteiger partial charge in [0.15, 0.2) is 0 Å². The van der Waals surface area contributed by atoms with E-state index in [0.717, 1.165) is 16.9 Å². The molecule has 2 rings (SSSR count). The Bertz CT molecular complexity index is 552. The second kappa shape index (κ2) is 6.10. The zero-order valence-electron chi connectivity index (χ0n) is 12.5. The lowest BCUT2D eigenvalue weighted by molar-refractivity contribution is 0.305. The quantitative estimate of drug-likeness (QED) is 0.909. The summed E-state index contributed by atoms with van der Waals surface area (Å²) in [4.78, 5) is 0. The Morgan fingerprint density at radius 2 is 1.50 bits per heavy atom. The Hall–Kier alpha value is -1.80. The maximum absolute atomic E-state index is 5.85. The SMILES string of the molecule is CC(C)(C)c1ccc(OCc2ccccc2CN)cc1. The molecular weight excluding hydrogens is 246 g/mol. The fourth-order valence-corrected chi connectivity index (χ4v) is 2.11. The highest BCUT2D eigenvalue weighted by molar-refractivity contribution is 5.32. The van der Waals surface area contributed by atoms with Gasteiger partial charge in [-0.05, 0) is 34.2 Å². The Kier molecular flexibility index (Phi) is 4.46. The van der Waals surface area contributed by atoms with E-state index in [1.165, 1.54) is 5.56 Å². The minimum Gasteiger partial charge on any atom is -0.489 e. The molecule has 0 radical (unpaired) electrons. The van der Waals surface area contributed by atoms with Crippen molar-refractivity contribution in [1.82, 2.24) is 0 Å². The minimum atomic E-state index is 0.171. The highest BCUT2D eigenvalue weighted by Crippen LogP contribution is 2.24. The molecule has 2 nitrogen and oxygen atoms in total. The van der Waals surface area contributed by atoms with Crippen molar-refractivity contribution in [3.63, 3.8) is 0 Å². The Morgan fingerprint density at radius 3 is 2.05 bits per heavy atom. The largest absolute Gasteiger partial charge is 0.489 e. The highest BCUT2D eigenvalue weighted by Gasteiger charge is 2.13. The van der Waals surface area contributed by atoms with E-state index in [-0.39, 0.29) is 5.41 Å². The van der Waals surface area contributed by atoms with E-state index in [1.807, 2.05) is 30.3 Å². The third kappa shape index (κ3) is 3.61. The maximum Gasteiger partial charge on any atom is 0.119 e. The van der Waals surface area contributed by atoms with Crippen molar-refractivity contribution in [1.29, 1.82) is 0 Å². The van der Waals surface area contributed by atoms with Crippen molar-refractivity contribution in [2.24, 2.45) is 5.73 Å². The van der Waals surface area contributed by atoms with Crippen molar-refractivity contribution in [3.8, 4) is 5.75 Å². The van der Waals surface area contributed by atoms with Gasteiger partial charge < -0.3 is 10.5 Å². The molecule has 106 valence electrons. The molecule has 2 aromatic rings. The van der Waals surface area contributed by atoms with E-state index >= 15 is 0 Å². The number of ether oxygens (including phenoxy) is 1. The van der Waals surface area contributed by atoms with Crippen LogP contribution >= 0.6 is 0 Å². The number of nitrogens with two attached hydrogens (primary N) is 1. The first kappa shape index (κ1) is 14.6. The molecule has 2 N–H and O–H groups in total. The highest BCUT2D eigenvalue weighted by atomic mass is 16.5. The molecule has 0 heterocycles. The fourth-order valence-electron chi connectivity index (χ4n) is 2.11. The van der Waals surface area contributed by atoms with Gasteiger partial charge in [0.1, 0.15) is 12.4 Å². The summed E-state index contributed by atoms with van der Waals surface area (Å²) in [6, 6.07) is 16.4. The molecule has 0 atom stereocenters. The van der Waals surface area contributed by atoms with Gasteiger partial charge in [-0.3, -0.25) is 0 Å². The van der Waals surface area contributed by atoms with Crippen molar-refractivity contribution < 1.29 is 4.74 Å². The van der Waals surface area contributed by atoms with Crippen LogP contribution in [0.5, 0.6) is 5.75 Å². The van der Waals surface area contributed by atoms with Crippen LogP contribution in [0, 0.1) is 0 Å². The predicted molar refractivity (Wildman–Crippen MR) is 83.8 cm³/mol. The zero-order valence-corrected chi connectivity index (χ0v) is 12.5. The minimum absolute atomic E-state index is 0.171. The van der Waals surface area contributed by atoms with Gasteiger partial charge in [0.25, 0.3) is 0 Å².